The van der Waals surface area contributed by atoms with E-state index >= 15 is 0 Å². The third kappa shape index (κ3) is 3.58. The van der Waals surface area contributed by atoms with Crippen molar-refractivity contribution in [1.29, 1.82) is 0 Å². The van der Waals surface area contributed by atoms with E-state index in [9.17, 15) is 14.0 Å². The van der Waals surface area contributed by atoms with Crippen molar-refractivity contribution in [3.05, 3.63) is 53.2 Å². The van der Waals surface area contributed by atoms with Crippen LogP contribution in [0.15, 0.2) is 41.0 Å². The van der Waals surface area contributed by atoms with Crippen molar-refractivity contribution in [2.45, 2.75) is 0 Å². The Kier molecular flexibility index (Phi) is 4.37. The van der Waals surface area contributed by atoms with Gasteiger partial charge in [-0.15, -0.1) is 0 Å². The molecule has 0 unspecified atom stereocenters. The summed E-state index contributed by atoms with van der Waals surface area (Å²) in [6.07, 6.45) is 1.36. The fraction of sp³-hybridized carbons (Fsp3) is 0.0769. The highest BCUT2D eigenvalue weighted by Crippen LogP contribution is 2.19. The minimum atomic E-state index is -0.573. The van der Waals surface area contributed by atoms with Crippen molar-refractivity contribution in [2.24, 2.45) is 0 Å². The van der Waals surface area contributed by atoms with Gasteiger partial charge >= 0.3 is 0 Å². The first-order valence-corrected chi connectivity index (χ1v) is 6.00. The Hall–Kier alpha value is -2.34. The Morgan fingerprint density at radius 1 is 1.30 bits per heavy atom. The van der Waals surface area contributed by atoms with Crippen molar-refractivity contribution in [2.75, 3.05) is 11.9 Å². The molecule has 0 aliphatic heterocycles. The molecular formula is C13H10ClFN2O3. The summed E-state index contributed by atoms with van der Waals surface area (Å²) in [7, 11) is 0. The molecule has 5 nitrogen and oxygen atoms in total. The predicted octanol–water partition coefficient (Wildman–Crippen LogP) is 2.44. The summed E-state index contributed by atoms with van der Waals surface area (Å²) in [5, 5.41) is 4.76. The van der Waals surface area contributed by atoms with Gasteiger partial charge in [0.1, 0.15) is 5.82 Å². The van der Waals surface area contributed by atoms with Crippen LogP contribution < -0.4 is 10.6 Å². The van der Waals surface area contributed by atoms with E-state index in [4.69, 9.17) is 16.0 Å². The van der Waals surface area contributed by atoms with Gasteiger partial charge in [0.05, 0.1) is 17.8 Å². The molecule has 104 valence electrons. The van der Waals surface area contributed by atoms with Crippen LogP contribution in [0.5, 0.6) is 0 Å². The Labute approximate surface area is 118 Å². The average Bonchev–Trinajstić information content (AvgIpc) is 2.94. The van der Waals surface area contributed by atoms with Crippen LogP contribution in [0.1, 0.15) is 10.6 Å². The normalized spacial score (nSPS) is 10.1. The number of anilines is 1. The second-order valence-electron chi connectivity index (χ2n) is 3.84. The molecule has 20 heavy (non-hydrogen) atoms. The zero-order chi connectivity index (χ0) is 14.5. The molecular weight excluding hydrogens is 287 g/mol. The van der Waals surface area contributed by atoms with E-state index in [-0.39, 0.29) is 17.3 Å². The smallest absolute Gasteiger partial charge is 0.287 e. The molecule has 1 aromatic heterocycles. The molecule has 0 saturated carbocycles. The number of amides is 2. The molecule has 2 amide bonds. The van der Waals surface area contributed by atoms with Crippen molar-refractivity contribution in [1.82, 2.24) is 5.32 Å². The van der Waals surface area contributed by atoms with E-state index in [1.54, 1.807) is 6.07 Å². The first kappa shape index (κ1) is 14.1. The Balaban J connectivity index is 1.86. The van der Waals surface area contributed by atoms with Crippen LogP contribution >= 0.6 is 11.6 Å². The zero-order valence-corrected chi connectivity index (χ0v) is 10.9. The van der Waals surface area contributed by atoms with Gasteiger partial charge in [0, 0.05) is 5.69 Å². The molecule has 2 N–H and O–H groups in total. The van der Waals surface area contributed by atoms with Crippen LogP contribution in [0.25, 0.3) is 0 Å². The molecule has 0 saturated heterocycles. The first-order chi connectivity index (χ1) is 9.56. The molecule has 0 aliphatic rings. The van der Waals surface area contributed by atoms with Gasteiger partial charge < -0.3 is 15.1 Å². The Morgan fingerprint density at radius 3 is 2.75 bits per heavy atom. The lowest BCUT2D eigenvalue weighted by Gasteiger charge is -2.06. The lowest BCUT2D eigenvalue weighted by molar-refractivity contribution is -0.115. The largest absolute Gasteiger partial charge is 0.459 e. The monoisotopic (exact) mass is 296 g/mol. The van der Waals surface area contributed by atoms with Gasteiger partial charge in [0.25, 0.3) is 5.91 Å². The molecule has 0 spiro atoms. The van der Waals surface area contributed by atoms with Gasteiger partial charge in [0.15, 0.2) is 5.76 Å². The molecule has 1 aromatic carbocycles. The molecule has 2 aromatic rings. The van der Waals surface area contributed by atoms with Gasteiger partial charge in [-0.25, -0.2) is 4.39 Å². The minimum Gasteiger partial charge on any atom is -0.459 e. The summed E-state index contributed by atoms with van der Waals surface area (Å²) in [6.45, 7) is -0.242. The number of hydrogen-bond acceptors (Lipinski definition) is 3. The molecule has 2 rings (SSSR count). The summed E-state index contributed by atoms with van der Waals surface area (Å²) < 4.78 is 17.8. The predicted molar refractivity (Wildman–Crippen MR) is 71.1 cm³/mol. The zero-order valence-electron chi connectivity index (χ0n) is 10.2. The Bertz CT molecular complexity index is 629. The van der Waals surface area contributed by atoms with Gasteiger partial charge in [-0.3, -0.25) is 9.59 Å². The standard InChI is InChI=1S/C13H10ClFN2O3/c14-9-6-8(3-4-10(9)15)17-12(18)7-16-13(19)11-2-1-5-20-11/h1-6H,7H2,(H,16,19)(H,17,18). The van der Waals surface area contributed by atoms with E-state index in [0.717, 1.165) is 6.07 Å². The number of carbonyl (C=O) groups is 2. The summed E-state index contributed by atoms with van der Waals surface area (Å²) in [4.78, 5) is 23.1. The number of nitrogens with one attached hydrogen (secondary N) is 2. The van der Waals surface area contributed by atoms with E-state index in [0.29, 0.717) is 5.69 Å². The van der Waals surface area contributed by atoms with Crippen LogP contribution in [-0.2, 0) is 4.79 Å². The Morgan fingerprint density at radius 2 is 2.10 bits per heavy atom. The lowest BCUT2D eigenvalue weighted by Crippen LogP contribution is -2.32. The molecule has 1 heterocycles. The molecule has 0 bridgehead atoms. The quantitative estimate of drug-likeness (QED) is 0.910. The summed E-state index contributed by atoms with van der Waals surface area (Å²) in [5.41, 5.74) is 0.341. The van der Waals surface area contributed by atoms with Crippen molar-refractivity contribution in [3.63, 3.8) is 0 Å². The second kappa shape index (κ2) is 6.21. The van der Waals surface area contributed by atoms with Crippen molar-refractivity contribution in [3.8, 4) is 0 Å². The minimum absolute atomic E-state index is 0.0950. The summed E-state index contributed by atoms with van der Waals surface area (Å²) >= 11 is 5.58. The first-order valence-electron chi connectivity index (χ1n) is 5.63. The van der Waals surface area contributed by atoms with E-state index in [1.807, 2.05) is 0 Å². The maximum Gasteiger partial charge on any atom is 0.287 e. The van der Waals surface area contributed by atoms with Crippen LogP contribution in [0.3, 0.4) is 0 Å². The van der Waals surface area contributed by atoms with Crippen LogP contribution in [0, 0.1) is 5.82 Å². The second-order valence-corrected chi connectivity index (χ2v) is 4.24. The highest BCUT2D eigenvalue weighted by molar-refractivity contribution is 6.31. The SMILES string of the molecule is O=C(CNC(=O)c1ccco1)Nc1ccc(F)c(Cl)c1. The van der Waals surface area contributed by atoms with Crippen LogP contribution in [0.4, 0.5) is 10.1 Å². The highest BCUT2D eigenvalue weighted by atomic mass is 35.5. The van der Waals surface area contributed by atoms with Crippen LogP contribution in [-0.4, -0.2) is 18.4 Å². The third-order valence-corrected chi connectivity index (χ3v) is 2.65. The van der Waals surface area contributed by atoms with Gasteiger partial charge in [-0.05, 0) is 30.3 Å². The molecule has 0 aliphatic carbocycles. The molecule has 0 atom stereocenters. The number of hydrogen-bond donors (Lipinski definition) is 2. The lowest BCUT2D eigenvalue weighted by atomic mass is 10.3. The summed E-state index contributed by atoms with van der Waals surface area (Å²) in [6, 6.07) is 6.83. The van der Waals surface area contributed by atoms with Crippen LogP contribution in [0.2, 0.25) is 5.02 Å². The van der Waals surface area contributed by atoms with E-state index < -0.39 is 17.6 Å². The number of rotatable bonds is 4. The average molecular weight is 297 g/mol. The van der Waals surface area contributed by atoms with Gasteiger partial charge in [0.2, 0.25) is 5.91 Å². The van der Waals surface area contributed by atoms with E-state index in [1.165, 1.54) is 24.5 Å². The highest BCUT2D eigenvalue weighted by Gasteiger charge is 2.10. The summed E-state index contributed by atoms with van der Waals surface area (Å²) in [5.74, 6) is -1.42. The van der Waals surface area contributed by atoms with Gasteiger partial charge in [-0.2, -0.15) is 0 Å². The maximum absolute atomic E-state index is 12.9. The van der Waals surface area contributed by atoms with Crippen molar-refractivity contribution < 1.29 is 18.4 Å². The maximum atomic E-state index is 12.9. The van der Waals surface area contributed by atoms with Gasteiger partial charge in [-0.1, -0.05) is 11.6 Å². The topological polar surface area (TPSA) is 71.3 Å². The number of furan rings is 1. The number of halogens is 2. The fourth-order valence-electron chi connectivity index (χ4n) is 1.43. The fourth-order valence-corrected chi connectivity index (χ4v) is 1.62. The number of carbonyl (C=O) groups excluding carboxylic acids is 2. The molecule has 7 heteroatoms. The number of benzene rings is 1. The van der Waals surface area contributed by atoms with E-state index in [2.05, 4.69) is 10.6 Å². The molecule has 0 fully saturated rings. The third-order valence-electron chi connectivity index (χ3n) is 2.36. The van der Waals surface area contributed by atoms with Crippen molar-refractivity contribution >= 4 is 29.1 Å². The molecule has 0 radical (unpaired) electrons.